The monoisotopic (exact) mass is 190 g/mol. The molecular formula is C12H14O2. The summed E-state index contributed by atoms with van der Waals surface area (Å²) in [6.45, 7) is 4.00. The lowest BCUT2D eigenvalue weighted by atomic mass is 10.00. The number of hydrogen-bond donors (Lipinski definition) is 0. The third-order valence-corrected chi connectivity index (χ3v) is 2.38. The molecule has 0 atom stereocenters. The number of methoxy groups -OCH3 is 1. The van der Waals surface area contributed by atoms with E-state index in [2.05, 4.69) is 0 Å². The first kappa shape index (κ1) is 9.13. The van der Waals surface area contributed by atoms with Crippen LogP contribution in [0.15, 0.2) is 30.0 Å². The zero-order valence-electron chi connectivity index (χ0n) is 8.70. The minimum Gasteiger partial charge on any atom is -0.497 e. The molecule has 0 radical (unpaired) electrons. The van der Waals surface area contributed by atoms with Crippen molar-refractivity contribution in [1.82, 2.24) is 0 Å². The van der Waals surface area contributed by atoms with E-state index in [1.165, 1.54) is 0 Å². The van der Waals surface area contributed by atoms with Crippen LogP contribution < -0.4 is 4.74 Å². The van der Waals surface area contributed by atoms with Crippen LogP contribution >= 0.6 is 0 Å². The fraction of sp³-hybridized carbons (Fsp3) is 0.333. The molecular weight excluding hydrogens is 176 g/mol. The van der Waals surface area contributed by atoms with Crippen LogP contribution in [0.5, 0.6) is 5.75 Å². The molecule has 0 aliphatic carbocycles. The van der Waals surface area contributed by atoms with E-state index < -0.39 is 0 Å². The Labute approximate surface area is 84.2 Å². The molecule has 2 nitrogen and oxygen atoms in total. The van der Waals surface area contributed by atoms with Crippen molar-refractivity contribution in [3.63, 3.8) is 0 Å². The summed E-state index contributed by atoms with van der Waals surface area (Å²) in [4.78, 5) is 0. The lowest BCUT2D eigenvalue weighted by Crippen LogP contribution is -2.33. The average molecular weight is 190 g/mol. The fourth-order valence-corrected chi connectivity index (χ4v) is 1.64. The number of para-hydroxylation sites is 1. The van der Waals surface area contributed by atoms with Gasteiger partial charge in [-0.05, 0) is 26.0 Å². The highest BCUT2D eigenvalue weighted by atomic mass is 16.5. The predicted octanol–water partition coefficient (Wildman–Crippen LogP) is 2.84. The Balaban J connectivity index is 2.50. The Hall–Kier alpha value is -1.44. The van der Waals surface area contributed by atoms with Crippen LogP contribution in [0.25, 0.3) is 6.08 Å². The van der Waals surface area contributed by atoms with Crippen molar-refractivity contribution >= 4 is 6.08 Å². The van der Waals surface area contributed by atoms with Crippen LogP contribution in [0.4, 0.5) is 0 Å². The molecule has 0 saturated carbocycles. The summed E-state index contributed by atoms with van der Waals surface area (Å²) in [5, 5.41) is 0. The topological polar surface area (TPSA) is 18.5 Å². The molecule has 2 rings (SSSR count). The highest BCUT2D eigenvalue weighted by Gasteiger charge is 2.31. The van der Waals surface area contributed by atoms with Gasteiger partial charge in [0.05, 0.1) is 7.11 Å². The van der Waals surface area contributed by atoms with Crippen molar-refractivity contribution in [3.05, 3.63) is 35.6 Å². The van der Waals surface area contributed by atoms with Crippen LogP contribution in [0.1, 0.15) is 19.4 Å². The van der Waals surface area contributed by atoms with Gasteiger partial charge >= 0.3 is 0 Å². The molecule has 74 valence electrons. The molecule has 0 unspecified atom stereocenters. The molecule has 1 aliphatic heterocycles. The summed E-state index contributed by atoms with van der Waals surface area (Å²) in [7, 11) is 1.67. The molecule has 2 heteroatoms. The van der Waals surface area contributed by atoms with E-state index >= 15 is 0 Å². The second-order valence-electron chi connectivity index (χ2n) is 3.86. The molecule has 0 amide bonds. The molecule has 1 aliphatic rings. The Bertz CT molecular complexity index is 378. The Morgan fingerprint density at radius 2 is 1.93 bits per heavy atom. The molecule has 1 heterocycles. The summed E-state index contributed by atoms with van der Waals surface area (Å²) in [6.07, 6.45) is 2.03. The van der Waals surface area contributed by atoms with E-state index in [9.17, 15) is 0 Å². The molecule has 1 aromatic rings. The SMILES string of the molecule is COC1=Cc2ccccc2OC1(C)C. The average Bonchev–Trinajstić information content (AvgIpc) is 2.15. The van der Waals surface area contributed by atoms with Crippen molar-refractivity contribution in [2.75, 3.05) is 7.11 Å². The van der Waals surface area contributed by atoms with Gasteiger partial charge in [0.25, 0.3) is 0 Å². The Morgan fingerprint density at radius 1 is 1.21 bits per heavy atom. The standard InChI is InChI=1S/C12H14O2/c1-12(2)11(13-3)8-9-6-4-5-7-10(9)14-12/h4-8H,1-3H3. The number of ether oxygens (including phenoxy) is 2. The van der Waals surface area contributed by atoms with Gasteiger partial charge in [0.15, 0.2) is 5.60 Å². The van der Waals surface area contributed by atoms with Gasteiger partial charge < -0.3 is 9.47 Å². The summed E-state index contributed by atoms with van der Waals surface area (Å²) in [5.74, 6) is 1.77. The maximum atomic E-state index is 5.83. The van der Waals surface area contributed by atoms with E-state index in [1.54, 1.807) is 7.11 Å². The Kier molecular flexibility index (Phi) is 1.99. The highest BCUT2D eigenvalue weighted by Crippen LogP contribution is 2.35. The van der Waals surface area contributed by atoms with E-state index in [0.717, 1.165) is 17.1 Å². The molecule has 0 saturated heterocycles. The van der Waals surface area contributed by atoms with Gasteiger partial charge in [0, 0.05) is 5.56 Å². The molecule has 0 fully saturated rings. The second kappa shape index (κ2) is 3.05. The van der Waals surface area contributed by atoms with Crippen LogP contribution in [-0.2, 0) is 4.74 Å². The van der Waals surface area contributed by atoms with Gasteiger partial charge in [-0.3, -0.25) is 0 Å². The van der Waals surface area contributed by atoms with Crippen molar-refractivity contribution < 1.29 is 9.47 Å². The minimum absolute atomic E-state index is 0.372. The third-order valence-electron chi connectivity index (χ3n) is 2.38. The first-order chi connectivity index (χ1) is 6.63. The second-order valence-corrected chi connectivity index (χ2v) is 3.86. The van der Waals surface area contributed by atoms with Crippen LogP contribution in [0.3, 0.4) is 0 Å². The van der Waals surface area contributed by atoms with Crippen LogP contribution in [-0.4, -0.2) is 12.7 Å². The molecule has 14 heavy (non-hydrogen) atoms. The van der Waals surface area contributed by atoms with E-state index in [-0.39, 0.29) is 5.60 Å². The van der Waals surface area contributed by atoms with Gasteiger partial charge in [-0.25, -0.2) is 0 Å². The zero-order chi connectivity index (χ0) is 10.2. The Morgan fingerprint density at radius 3 is 2.64 bits per heavy atom. The summed E-state index contributed by atoms with van der Waals surface area (Å²) < 4.78 is 11.1. The normalized spacial score (nSPS) is 17.8. The van der Waals surface area contributed by atoms with Crippen LogP contribution in [0, 0.1) is 0 Å². The number of hydrogen-bond acceptors (Lipinski definition) is 2. The maximum Gasteiger partial charge on any atom is 0.160 e. The third kappa shape index (κ3) is 1.37. The lowest BCUT2D eigenvalue weighted by molar-refractivity contribution is 0.0756. The first-order valence-corrected chi connectivity index (χ1v) is 4.68. The molecule has 1 aromatic carbocycles. The molecule has 0 N–H and O–H groups in total. The van der Waals surface area contributed by atoms with Gasteiger partial charge in [-0.15, -0.1) is 0 Å². The van der Waals surface area contributed by atoms with Crippen molar-refractivity contribution in [2.45, 2.75) is 19.4 Å². The van der Waals surface area contributed by atoms with Gasteiger partial charge in [-0.2, -0.15) is 0 Å². The number of fused-ring (bicyclic) bond motifs is 1. The van der Waals surface area contributed by atoms with E-state index in [0.29, 0.717) is 0 Å². The fourth-order valence-electron chi connectivity index (χ4n) is 1.64. The van der Waals surface area contributed by atoms with Crippen molar-refractivity contribution in [2.24, 2.45) is 0 Å². The van der Waals surface area contributed by atoms with E-state index in [4.69, 9.17) is 9.47 Å². The smallest absolute Gasteiger partial charge is 0.160 e. The maximum absolute atomic E-state index is 5.83. The van der Waals surface area contributed by atoms with Gasteiger partial charge in [-0.1, -0.05) is 18.2 Å². The summed E-state index contributed by atoms with van der Waals surface area (Å²) in [5.41, 5.74) is 0.701. The number of benzene rings is 1. The summed E-state index contributed by atoms with van der Waals surface area (Å²) in [6, 6.07) is 7.95. The molecule has 0 bridgehead atoms. The first-order valence-electron chi connectivity index (χ1n) is 4.68. The number of rotatable bonds is 1. The lowest BCUT2D eigenvalue weighted by Gasteiger charge is -2.32. The summed E-state index contributed by atoms with van der Waals surface area (Å²) >= 11 is 0. The van der Waals surface area contributed by atoms with Crippen LogP contribution in [0.2, 0.25) is 0 Å². The van der Waals surface area contributed by atoms with Crippen molar-refractivity contribution in [3.8, 4) is 5.75 Å². The molecule has 0 aromatic heterocycles. The highest BCUT2D eigenvalue weighted by molar-refractivity contribution is 5.62. The quantitative estimate of drug-likeness (QED) is 0.678. The predicted molar refractivity (Wildman–Crippen MR) is 56.1 cm³/mol. The van der Waals surface area contributed by atoms with Gasteiger partial charge in [0.1, 0.15) is 11.5 Å². The zero-order valence-corrected chi connectivity index (χ0v) is 8.70. The minimum atomic E-state index is -0.372. The molecule has 0 spiro atoms. The van der Waals surface area contributed by atoms with Crippen molar-refractivity contribution in [1.29, 1.82) is 0 Å². The largest absolute Gasteiger partial charge is 0.497 e. The van der Waals surface area contributed by atoms with Gasteiger partial charge in [0.2, 0.25) is 0 Å². The van der Waals surface area contributed by atoms with E-state index in [1.807, 2.05) is 44.2 Å².